The Morgan fingerprint density at radius 1 is 1.47 bits per heavy atom. The molecule has 0 bridgehead atoms. The van der Waals surface area contributed by atoms with Crippen molar-refractivity contribution >= 4 is 5.65 Å². The number of aromatic nitrogens is 3. The lowest BCUT2D eigenvalue weighted by atomic mass is 10.1. The third-order valence-corrected chi connectivity index (χ3v) is 3.42. The summed E-state index contributed by atoms with van der Waals surface area (Å²) in [4.78, 5) is 16.5. The molecule has 1 fully saturated rings. The van der Waals surface area contributed by atoms with E-state index in [0.717, 1.165) is 17.9 Å². The Morgan fingerprint density at radius 2 is 2.32 bits per heavy atom. The molecule has 19 heavy (non-hydrogen) atoms. The minimum absolute atomic E-state index is 0.0237. The van der Waals surface area contributed by atoms with Gasteiger partial charge in [0, 0.05) is 12.6 Å². The van der Waals surface area contributed by atoms with E-state index in [9.17, 15) is 4.79 Å². The summed E-state index contributed by atoms with van der Waals surface area (Å²) in [5, 5.41) is 6.37. The molecule has 1 aliphatic rings. The monoisotopic (exact) mass is 262 g/mol. The number of hydrogen-bond acceptors (Lipinski definition) is 4. The highest BCUT2D eigenvalue weighted by Gasteiger charge is 2.19. The molecule has 0 radical (unpaired) electrons. The van der Waals surface area contributed by atoms with E-state index in [4.69, 9.17) is 4.74 Å². The Bertz CT molecular complexity index is 638. The molecule has 1 aliphatic heterocycles. The highest BCUT2D eigenvalue weighted by molar-refractivity contribution is 5.41. The van der Waals surface area contributed by atoms with Gasteiger partial charge in [0.25, 0.3) is 5.56 Å². The fourth-order valence-corrected chi connectivity index (χ4v) is 2.26. The van der Waals surface area contributed by atoms with Crippen LogP contribution in [0.3, 0.4) is 0 Å². The number of nitrogens with zero attached hydrogens (tertiary/aromatic N) is 2. The fraction of sp³-hybridized carbons (Fsp3) is 0.538. The number of hydrogen-bond donors (Lipinski definition) is 2. The van der Waals surface area contributed by atoms with Crippen LogP contribution in [0.2, 0.25) is 0 Å². The fourth-order valence-electron chi connectivity index (χ4n) is 2.26. The van der Waals surface area contributed by atoms with Crippen molar-refractivity contribution in [2.75, 3.05) is 19.8 Å². The van der Waals surface area contributed by atoms with Gasteiger partial charge in [0.15, 0.2) is 5.65 Å². The van der Waals surface area contributed by atoms with Crippen molar-refractivity contribution in [3.05, 3.63) is 33.9 Å². The van der Waals surface area contributed by atoms with Crippen LogP contribution in [0.25, 0.3) is 5.65 Å². The molecule has 0 amide bonds. The van der Waals surface area contributed by atoms with Gasteiger partial charge in [0.05, 0.1) is 19.3 Å². The van der Waals surface area contributed by atoms with E-state index in [1.54, 1.807) is 6.07 Å². The van der Waals surface area contributed by atoms with Crippen LogP contribution in [0.4, 0.5) is 0 Å². The average molecular weight is 262 g/mol. The van der Waals surface area contributed by atoms with Crippen LogP contribution in [0.1, 0.15) is 37.2 Å². The van der Waals surface area contributed by atoms with Gasteiger partial charge < -0.3 is 10.1 Å². The van der Waals surface area contributed by atoms with E-state index in [0.29, 0.717) is 24.8 Å². The number of fused-ring (bicyclic) bond motifs is 1. The summed E-state index contributed by atoms with van der Waals surface area (Å²) in [5.41, 5.74) is 1.60. The van der Waals surface area contributed by atoms with E-state index >= 15 is 0 Å². The average Bonchev–Trinajstić information content (AvgIpc) is 2.84. The molecule has 3 rings (SSSR count). The van der Waals surface area contributed by atoms with Gasteiger partial charge in [-0.1, -0.05) is 13.8 Å². The number of pyridine rings is 1. The smallest absolute Gasteiger partial charge is 0.271 e. The van der Waals surface area contributed by atoms with Gasteiger partial charge in [-0.25, -0.2) is 9.50 Å². The highest BCUT2D eigenvalue weighted by atomic mass is 16.5. The van der Waals surface area contributed by atoms with Crippen molar-refractivity contribution < 1.29 is 4.74 Å². The number of rotatable bonds is 2. The van der Waals surface area contributed by atoms with E-state index < -0.39 is 0 Å². The summed E-state index contributed by atoms with van der Waals surface area (Å²) >= 11 is 0. The standard InChI is InChI=1S/C13H18N4O2/c1-8(2)9-5-11-15-13(10-7-19-4-3-14-10)16-17(11)12(18)6-9/h5-6,8,10,14H,3-4,7H2,1-2H3,(H,15,16). The number of ether oxygens (including phenoxy) is 1. The lowest BCUT2D eigenvalue weighted by Crippen LogP contribution is -2.35. The summed E-state index contributed by atoms with van der Waals surface area (Å²) in [6.45, 7) is 6.22. The number of aromatic amines is 1. The second kappa shape index (κ2) is 4.79. The maximum Gasteiger partial charge on any atom is 0.271 e. The number of morpholine rings is 1. The van der Waals surface area contributed by atoms with Crippen molar-refractivity contribution in [2.24, 2.45) is 0 Å². The molecule has 2 aromatic heterocycles. The van der Waals surface area contributed by atoms with Crippen LogP contribution in [-0.2, 0) is 4.74 Å². The molecule has 0 aromatic carbocycles. The zero-order valence-corrected chi connectivity index (χ0v) is 11.1. The van der Waals surface area contributed by atoms with Crippen molar-refractivity contribution in [3.8, 4) is 0 Å². The molecule has 1 atom stereocenters. The highest BCUT2D eigenvalue weighted by Crippen LogP contribution is 2.16. The summed E-state index contributed by atoms with van der Waals surface area (Å²) in [6.07, 6.45) is 0. The Balaban J connectivity index is 2.04. The summed E-state index contributed by atoms with van der Waals surface area (Å²) in [7, 11) is 0. The molecule has 2 aromatic rings. The van der Waals surface area contributed by atoms with Crippen molar-refractivity contribution in [3.63, 3.8) is 0 Å². The molecular weight excluding hydrogens is 244 g/mol. The van der Waals surface area contributed by atoms with E-state index in [1.165, 1.54) is 4.52 Å². The quantitative estimate of drug-likeness (QED) is 0.840. The number of H-pyrrole nitrogens is 1. The molecule has 3 heterocycles. The molecular formula is C13H18N4O2. The molecule has 102 valence electrons. The topological polar surface area (TPSA) is 71.4 Å². The largest absolute Gasteiger partial charge is 0.378 e. The number of nitrogens with one attached hydrogen (secondary N) is 2. The van der Waals surface area contributed by atoms with Crippen LogP contribution in [-0.4, -0.2) is 34.4 Å². The summed E-state index contributed by atoms with van der Waals surface area (Å²) in [5.74, 6) is 1.06. The van der Waals surface area contributed by atoms with Crippen molar-refractivity contribution in [1.82, 2.24) is 19.9 Å². The minimum atomic E-state index is -0.0725. The zero-order chi connectivity index (χ0) is 13.4. The van der Waals surface area contributed by atoms with Crippen LogP contribution >= 0.6 is 0 Å². The Kier molecular flexibility index (Phi) is 3.12. The summed E-state index contributed by atoms with van der Waals surface area (Å²) in [6, 6.07) is 3.63. The molecule has 2 N–H and O–H groups in total. The minimum Gasteiger partial charge on any atom is -0.378 e. The van der Waals surface area contributed by atoms with Crippen LogP contribution < -0.4 is 10.9 Å². The lowest BCUT2D eigenvalue weighted by Gasteiger charge is -2.21. The molecule has 6 nitrogen and oxygen atoms in total. The van der Waals surface area contributed by atoms with Gasteiger partial charge in [0.2, 0.25) is 0 Å². The van der Waals surface area contributed by atoms with Gasteiger partial charge >= 0.3 is 0 Å². The van der Waals surface area contributed by atoms with Crippen LogP contribution in [0.5, 0.6) is 0 Å². The van der Waals surface area contributed by atoms with Gasteiger partial charge in [-0.2, -0.15) is 0 Å². The first kappa shape index (κ1) is 12.4. The molecule has 0 aliphatic carbocycles. The second-order valence-corrected chi connectivity index (χ2v) is 5.17. The van der Waals surface area contributed by atoms with E-state index in [1.807, 2.05) is 6.07 Å². The Labute approximate surface area is 110 Å². The molecule has 0 spiro atoms. The van der Waals surface area contributed by atoms with Crippen LogP contribution in [0.15, 0.2) is 16.9 Å². The normalized spacial score (nSPS) is 20.3. The summed E-state index contributed by atoms with van der Waals surface area (Å²) < 4.78 is 6.90. The first-order chi connectivity index (χ1) is 9.15. The Hall–Kier alpha value is -1.66. The molecule has 6 heteroatoms. The zero-order valence-electron chi connectivity index (χ0n) is 11.1. The van der Waals surface area contributed by atoms with Gasteiger partial charge in [-0.3, -0.25) is 9.89 Å². The third-order valence-electron chi connectivity index (χ3n) is 3.42. The SMILES string of the molecule is CC(C)c1cc(=O)n2[nH]c(C3COCCN3)nc2c1. The van der Waals surface area contributed by atoms with E-state index in [2.05, 4.69) is 29.2 Å². The molecule has 0 saturated carbocycles. The van der Waals surface area contributed by atoms with Crippen LogP contribution in [0, 0.1) is 0 Å². The third kappa shape index (κ3) is 2.29. The lowest BCUT2D eigenvalue weighted by molar-refractivity contribution is 0.0743. The maximum atomic E-state index is 12.0. The predicted octanol–water partition coefficient (Wildman–Crippen LogP) is 0.807. The van der Waals surface area contributed by atoms with Gasteiger partial charge in [-0.05, 0) is 17.5 Å². The van der Waals surface area contributed by atoms with E-state index in [-0.39, 0.29) is 11.6 Å². The maximum absolute atomic E-state index is 12.0. The Morgan fingerprint density at radius 3 is 3.00 bits per heavy atom. The van der Waals surface area contributed by atoms with Crippen molar-refractivity contribution in [2.45, 2.75) is 25.8 Å². The second-order valence-electron chi connectivity index (χ2n) is 5.17. The molecule has 1 saturated heterocycles. The van der Waals surface area contributed by atoms with Gasteiger partial charge in [-0.15, -0.1) is 0 Å². The van der Waals surface area contributed by atoms with Crippen molar-refractivity contribution in [1.29, 1.82) is 0 Å². The first-order valence-corrected chi connectivity index (χ1v) is 6.59. The first-order valence-electron chi connectivity index (χ1n) is 6.59. The predicted molar refractivity (Wildman–Crippen MR) is 71.5 cm³/mol. The molecule has 1 unspecified atom stereocenters. The van der Waals surface area contributed by atoms with Gasteiger partial charge in [0.1, 0.15) is 5.82 Å².